The number of benzene rings is 4. The van der Waals surface area contributed by atoms with E-state index in [1.54, 1.807) is 22.7 Å². The molecule has 0 aliphatic heterocycles. The summed E-state index contributed by atoms with van der Waals surface area (Å²) in [5.41, 5.74) is 5.90. The van der Waals surface area contributed by atoms with Crippen LogP contribution in [0.1, 0.15) is 50.7 Å². The molecule has 0 aliphatic carbocycles. The van der Waals surface area contributed by atoms with Crippen LogP contribution in [0.3, 0.4) is 0 Å². The van der Waals surface area contributed by atoms with E-state index in [1.807, 2.05) is 12.1 Å². The van der Waals surface area contributed by atoms with Crippen molar-refractivity contribution in [2.24, 2.45) is 0 Å². The molecule has 0 unspecified atom stereocenters. The summed E-state index contributed by atoms with van der Waals surface area (Å²) in [5, 5.41) is 4.98. The van der Waals surface area contributed by atoms with E-state index in [2.05, 4.69) is 125 Å². The predicted molar refractivity (Wildman–Crippen MR) is 191 cm³/mol. The van der Waals surface area contributed by atoms with E-state index in [4.69, 9.17) is 14.7 Å². The molecule has 46 heavy (non-hydrogen) atoms. The zero-order valence-electron chi connectivity index (χ0n) is 25.8. The summed E-state index contributed by atoms with van der Waals surface area (Å²) in [4.78, 5) is 10.0. The van der Waals surface area contributed by atoms with Crippen molar-refractivity contribution in [3.05, 3.63) is 120 Å². The summed E-state index contributed by atoms with van der Waals surface area (Å²) in [6, 6.07) is 41.1. The summed E-state index contributed by atoms with van der Waals surface area (Å²) < 4.78 is 11.5. The molecular formula is C40H30N2OPtS2. The molecule has 0 bridgehead atoms. The van der Waals surface area contributed by atoms with Gasteiger partial charge in [-0.2, -0.15) is 22.7 Å². The summed E-state index contributed by atoms with van der Waals surface area (Å²) in [7, 11) is 0. The Hall–Kier alpha value is -3.89. The number of rotatable bonds is 6. The average Bonchev–Trinajstić information content (AvgIpc) is 3.62. The third kappa shape index (κ3) is 5.66. The zero-order chi connectivity index (χ0) is 30.7. The molecule has 3 nitrogen and oxygen atoms in total. The van der Waals surface area contributed by atoms with Crippen LogP contribution in [-0.2, 0) is 21.1 Å². The number of ether oxygens (including phenoxy) is 1. The molecule has 6 heteroatoms. The van der Waals surface area contributed by atoms with Crippen molar-refractivity contribution in [2.75, 3.05) is 0 Å². The van der Waals surface area contributed by atoms with E-state index in [1.165, 1.54) is 40.3 Å². The minimum Gasteiger partial charge on any atom is -0.422 e. The van der Waals surface area contributed by atoms with Gasteiger partial charge in [-0.1, -0.05) is 87.0 Å². The van der Waals surface area contributed by atoms with Gasteiger partial charge in [-0.3, -0.25) is 9.97 Å². The maximum absolute atomic E-state index is 6.52. The summed E-state index contributed by atoms with van der Waals surface area (Å²) in [5.74, 6) is 1.66. The predicted octanol–water partition coefficient (Wildman–Crippen LogP) is 12.2. The van der Waals surface area contributed by atoms with Crippen LogP contribution >= 0.6 is 22.7 Å². The Bertz CT molecular complexity index is 2220. The molecule has 4 heterocycles. The largest absolute Gasteiger partial charge is 2.00 e. The van der Waals surface area contributed by atoms with Gasteiger partial charge in [0, 0.05) is 21.5 Å². The fraction of sp³-hybridized carbons (Fsp3) is 0.150. The van der Waals surface area contributed by atoms with Gasteiger partial charge in [0.2, 0.25) is 11.8 Å². The van der Waals surface area contributed by atoms with Gasteiger partial charge >= 0.3 is 21.1 Å². The van der Waals surface area contributed by atoms with Crippen LogP contribution in [0.5, 0.6) is 11.8 Å². The van der Waals surface area contributed by atoms with Crippen molar-refractivity contribution in [1.29, 1.82) is 0 Å². The molecule has 0 fully saturated rings. The van der Waals surface area contributed by atoms with Gasteiger partial charge in [-0.25, -0.2) is 0 Å². The summed E-state index contributed by atoms with van der Waals surface area (Å²) in [6.07, 6.45) is 0. The van der Waals surface area contributed by atoms with Crippen LogP contribution in [0, 0.1) is 12.1 Å². The van der Waals surface area contributed by atoms with Crippen LogP contribution in [0.4, 0.5) is 0 Å². The van der Waals surface area contributed by atoms with Gasteiger partial charge in [-0.15, -0.1) is 47.5 Å². The van der Waals surface area contributed by atoms with E-state index < -0.39 is 0 Å². The van der Waals surface area contributed by atoms with Gasteiger partial charge in [-0.05, 0) is 66.7 Å². The Morgan fingerprint density at radius 1 is 0.543 bits per heavy atom. The quantitative estimate of drug-likeness (QED) is 0.157. The molecule has 0 atom stereocenters. The molecule has 4 aromatic heterocycles. The zero-order valence-corrected chi connectivity index (χ0v) is 29.7. The number of hydrogen-bond donors (Lipinski definition) is 0. The minimum atomic E-state index is 0. The number of nitrogens with zero attached hydrogens (tertiary/aromatic N) is 2. The molecule has 0 N–H and O–H groups in total. The van der Waals surface area contributed by atoms with Crippen LogP contribution in [0.2, 0.25) is 0 Å². The van der Waals surface area contributed by atoms with Crippen LogP contribution < -0.4 is 4.74 Å². The van der Waals surface area contributed by atoms with Crippen molar-refractivity contribution in [1.82, 2.24) is 9.97 Å². The smallest absolute Gasteiger partial charge is 0.422 e. The van der Waals surface area contributed by atoms with Gasteiger partial charge in [0.25, 0.3) is 0 Å². The van der Waals surface area contributed by atoms with Crippen LogP contribution in [0.15, 0.2) is 97.1 Å². The van der Waals surface area contributed by atoms with Gasteiger partial charge in [0.1, 0.15) is 0 Å². The van der Waals surface area contributed by atoms with E-state index in [-0.39, 0.29) is 21.1 Å². The second kappa shape index (κ2) is 12.4. The van der Waals surface area contributed by atoms with Crippen molar-refractivity contribution < 1.29 is 25.8 Å². The molecule has 0 amide bonds. The van der Waals surface area contributed by atoms with Gasteiger partial charge < -0.3 is 4.74 Å². The number of fused-ring (bicyclic) bond motifs is 6. The van der Waals surface area contributed by atoms with Crippen molar-refractivity contribution in [3.8, 4) is 34.3 Å². The van der Waals surface area contributed by atoms with E-state index >= 15 is 0 Å². The standard InChI is InChI=1S/C40H30N2OS2.Pt/c1-23(2)27-19-33(25-13-15-37-31(17-25)29-9-5-7-11-35(29)44-37)41-39(21-27)43-40-22-28(24(3)4)20-34(42-40)26-14-16-38-32(18-26)30-10-6-8-12-36(30)45-38;/h5-12,15-24H,1-4H3;/q-2;+2. The molecule has 228 valence electrons. The molecule has 4 aromatic carbocycles. The Balaban J connectivity index is 0.00000338. The second-order valence-corrected chi connectivity index (χ2v) is 14.3. The number of thiophene rings is 2. The van der Waals surface area contributed by atoms with Crippen molar-refractivity contribution >= 4 is 63.0 Å². The SMILES string of the molecule is CC(C)c1cc(Oc2cc(C(C)C)cc(-c3[c-]cc4sc5ccccc5c4c3)n2)nc(-c2[c-]cc3sc4ccccc4c3c2)c1.[Pt+2]. The first-order valence-corrected chi connectivity index (χ1v) is 16.9. The number of pyridine rings is 2. The second-order valence-electron chi connectivity index (χ2n) is 12.1. The third-order valence-electron chi connectivity index (χ3n) is 8.36. The Kier molecular flexibility index (Phi) is 8.27. The summed E-state index contributed by atoms with van der Waals surface area (Å²) in [6.45, 7) is 8.77. The van der Waals surface area contributed by atoms with Crippen LogP contribution in [0.25, 0.3) is 62.9 Å². The molecule has 0 aliphatic rings. The number of aromatic nitrogens is 2. The Morgan fingerprint density at radius 3 is 1.41 bits per heavy atom. The van der Waals surface area contributed by atoms with E-state index in [9.17, 15) is 0 Å². The molecule has 0 saturated carbocycles. The monoisotopic (exact) mass is 813 g/mol. The molecule has 0 spiro atoms. The van der Waals surface area contributed by atoms with Crippen LogP contribution in [-0.4, -0.2) is 9.97 Å². The molecule has 8 aromatic rings. The normalized spacial score (nSPS) is 11.7. The molecule has 8 rings (SSSR count). The van der Waals surface area contributed by atoms with Gasteiger partial charge in [0.05, 0.1) is 0 Å². The maximum atomic E-state index is 6.52. The third-order valence-corrected chi connectivity index (χ3v) is 10.6. The first-order valence-electron chi connectivity index (χ1n) is 15.3. The average molecular weight is 814 g/mol. The van der Waals surface area contributed by atoms with E-state index in [0.29, 0.717) is 23.6 Å². The first-order chi connectivity index (χ1) is 21.9. The molecule has 0 saturated heterocycles. The van der Waals surface area contributed by atoms with Crippen molar-refractivity contribution in [3.63, 3.8) is 0 Å². The number of hydrogen-bond acceptors (Lipinski definition) is 5. The molecule has 0 radical (unpaired) electrons. The first kappa shape index (κ1) is 30.7. The molecular weight excluding hydrogens is 784 g/mol. The fourth-order valence-corrected chi connectivity index (χ4v) is 7.98. The Labute approximate surface area is 291 Å². The maximum Gasteiger partial charge on any atom is 2.00 e. The van der Waals surface area contributed by atoms with Crippen molar-refractivity contribution in [2.45, 2.75) is 39.5 Å². The van der Waals surface area contributed by atoms with E-state index in [0.717, 1.165) is 33.6 Å². The Morgan fingerprint density at radius 2 is 0.978 bits per heavy atom. The van der Waals surface area contributed by atoms with Gasteiger partial charge in [0.15, 0.2) is 0 Å². The topological polar surface area (TPSA) is 35.0 Å². The summed E-state index contributed by atoms with van der Waals surface area (Å²) >= 11 is 3.59. The minimum absolute atomic E-state index is 0. The fourth-order valence-electron chi connectivity index (χ4n) is 5.84.